The Balaban J connectivity index is 2.38. The van der Waals surface area contributed by atoms with Crippen LogP contribution >= 0.6 is 0 Å². The molecule has 0 spiro atoms. The first-order valence-corrected chi connectivity index (χ1v) is 7.13. The Bertz CT molecular complexity index is 526. The molecule has 1 fully saturated rings. The van der Waals surface area contributed by atoms with Crippen molar-refractivity contribution in [3.63, 3.8) is 0 Å². The van der Waals surface area contributed by atoms with Crippen molar-refractivity contribution in [1.82, 2.24) is 14.7 Å². The standard InChI is InChI=1S/C14H21N3O4/c1-4-5-16-7-10(6-15-16)12-13(14(19)20)21-8-11(18)17(12)9(2)3/h6-7,9,12-13H,4-5,8H2,1-3H3,(H,19,20). The molecule has 116 valence electrons. The minimum Gasteiger partial charge on any atom is -0.479 e. The quantitative estimate of drug-likeness (QED) is 0.878. The number of hydrogen-bond donors (Lipinski definition) is 1. The van der Waals surface area contributed by atoms with Gasteiger partial charge in [-0.1, -0.05) is 6.92 Å². The molecule has 1 aromatic rings. The van der Waals surface area contributed by atoms with Crippen LogP contribution in [0.1, 0.15) is 38.8 Å². The predicted octanol–water partition coefficient (Wildman–Crippen LogP) is 1.05. The molecular weight excluding hydrogens is 274 g/mol. The van der Waals surface area contributed by atoms with Gasteiger partial charge in [0.25, 0.3) is 0 Å². The summed E-state index contributed by atoms with van der Waals surface area (Å²) in [7, 11) is 0. The van der Waals surface area contributed by atoms with Crippen molar-refractivity contribution in [3.8, 4) is 0 Å². The number of rotatable bonds is 5. The molecule has 7 nitrogen and oxygen atoms in total. The van der Waals surface area contributed by atoms with Crippen LogP contribution in [0.5, 0.6) is 0 Å². The lowest BCUT2D eigenvalue weighted by Crippen LogP contribution is -2.54. The van der Waals surface area contributed by atoms with Crippen molar-refractivity contribution in [2.24, 2.45) is 0 Å². The number of amides is 1. The fourth-order valence-electron chi connectivity index (χ4n) is 2.66. The van der Waals surface area contributed by atoms with Gasteiger partial charge in [0.1, 0.15) is 6.61 Å². The minimum atomic E-state index is -1.07. The van der Waals surface area contributed by atoms with Crippen LogP contribution in [0.2, 0.25) is 0 Å². The number of carbonyl (C=O) groups is 2. The average molecular weight is 295 g/mol. The lowest BCUT2D eigenvalue weighted by Gasteiger charge is -2.41. The molecule has 1 N–H and O–H groups in total. The van der Waals surface area contributed by atoms with E-state index in [9.17, 15) is 14.7 Å². The number of aliphatic carboxylic acids is 1. The van der Waals surface area contributed by atoms with Gasteiger partial charge in [0.15, 0.2) is 6.10 Å². The Hall–Kier alpha value is -1.89. The summed E-state index contributed by atoms with van der Waals surface area (Å²) in [5, 5.41) is 13.6. The monoisotopic (exact) mass is 295 g/mol. The van der Waals surface area contributed by atoms with Gasteiger partial charge in [-0.2, -0.15) is 5.10 Å². The van der Waals surface area contributed by atoms with E-state index in [2.05, 4.69) is 5.10 Å². The highest BCUT2D eigenvalue weighted by molar-refractivity contribution is 5.83. The number of carboxylic acids is 1. The Morgan fingerprint density at radius 3 is 2.86 bits per heavy atom. The lowest BCUT2D eigenvalue weighted by molar-refractivity contribution is -0.175. The Labute approximate surface area is 123 Å². The summed E-state index contributed by atoms with van der Waals surface area (Å²) in [6, 6.07) is -0.753. The maximum Gasteiger partial charge on any atom is 0.335 e. The molecule has 0 aliphatic carbocycles. The maximum atomic E-state index is 12.1. The molecule has 0 bridgehead atoms. The van der Waals surface area contributed by atoms with Crippen LogP contribution in [0.15, 0.2) is 12.4 Å². The highest BCUT2D eigenvalue weighted by Gasteiger charge is 2.43. The van der Waals surface area contributed by atoms with E-state index in [1.54, 1.807) is 22.0 Å². The van der Waals surface area contributed by atoms with Gasteiger partial charge in [0, 0.05) is 24.3 Å². The summed E-state index contributed by atoms with van der Waals surface area (Å²) < 4.78 is 7.00. The molecule has 1 aromatic heterocycles. The van der Waals surface area contributed by atoms with Crippen molar-refractivity contribution in [2.75, 3.05) is 6.61 Å². The van der Waals surface area contributed by atoms with E-state index in [1.807, 2.05) is 20.8 Å². The van der Waals surface area contributed by atoms with E-state index in [0.717, 1.165) is 13.0 Å². The summed E-state index contributed by atoms with van der Waals surface area (Å²) in [6.45, 7) is 6.32. The number of morpholine rings is 1. The van der Waals surface area contributed by atoms with E-state index < -0.39 is 18.1 Å². The summed E-state index contributed by atoms with van der Waals surface area (Å²) in [4.78, 5) is 25.1. The molecule has 2 unspecified atom stereocenters. The van der Waals surface area contributed by atoms with Crippen LogP contribution in [-0.2, 0) is 20.9 Å². The number of carbonyl (C=O) groups excluding carboxylic acids is 1. The van der Waals surface area contributed by atoms with Crippen LogP contribution in [0.25, 0.3) is 0 Å². The minimum absolute atomic E-state index is 0.109. The second kappa shape index (κ2) is 6.26. The Morgan fingerprint density at radius 2 is 2.29 bits per heavy atom. The number of nitrogens with zero attached hydrogens (tertiary/aromatic N) is 3. The van der Waals surface area contributed by atoms with Gasteiger partial charge in [-0.25, -0.2) is 4.79 Å². The summed E-state index contributed by atoms with van der Waals surface area (Å²) in [5.74, 6) is -1.27. The maximum absolute atomic E-state index is 12.1. The van der Waals surface area contributed by atoms with Crippen LogP contribution in [0.3, 0.4) is 0 Å². The molecule has 0 aromatic carbocycles. The van der Waals surface area contributed by atoms with Gasteiger partial charge >= 0.3 is 5.97 Å². The fourth-order valence-corrected chi connectivity index (χ4v) is 2.66. The van der Waals surface area contributed by atoms with Crippen molar-refractivity contribution in [3.05, 3.63) is 18.0 Å². The van der Waals surface area contributed by atoms with Crippen molar-refractivity contribution in [2.45, 2.75) is 51.9 Å². The number of aromatic nitrogens is 2. The van der Waals surface area contributed by atoms with Crippen LogP contribution in [0, 0.1) is 0 Å². The van der Waals surface area contributed by atoms with E-state index in [1.165, 1.54) is 0 Å². The number of carboxylic acid groups (broad SMARTS) is 1. The molecule has 0 saturated carbocycles. The van der Waals surface area contributed by atoms with Crippen LogP contribution < -0.4 is 0 Å². The van der Waals surface area contributed by atoms with E-state index in [-0.39, 0.29) is 18.6 Å². The molecule has 2 heterocycles. The molecule has 2 atom stereocenters. The van der Waals surface area contributed by atoms with Crippen molar-refractivity contribution < 1.29 is 19.4 Å². The van der Waals surface area contributed by atoms with Crippen molar-refractivity contribution in [1.29, 1.82) is 0 Å². The highest BCUT2D eigenvalue weighted by Crippen LogP contribution is 2.32. The molecule has 1 aliphatic heterocycles. The van der Waals surface area contributed by atoms with E-state index >= 15 is 0 Å². The van der Waals surface area contributed by atoms with Gasteiger partial charge in [-0.05, 0) is 20.3 Å². The normalized spacial score (nSPS) is 22.9. The molecule has 0 radical (unpaired) electrons. The molecule has 1 amide bonds. The zero-order valence-electron chi connectivity index (χ0n) is 12.5. The zero-order valence-corrected chi connectivity index (χ0v) is 12.5. The average Bonchev–Trinajstić information content (AvgIpc) is 2.86. The SMILES string of the molecule is CCCn1cc(C2C(C(=O)O)OCC(=O)N2C(C)C)cn1. The van der Waals surface area contributed by atoms with Crippen LogP contribution in [0.4, 0.5) is 0 Å². The first kappa shape index (κ1) is 15.5. The second-order valence-electron chi connectivity index (χ2n) is 5.45. The van der Waals surface area contributed by atoms with E-state index in [0.29, 0.717) is 5.56 Å². The lowest BCUT2D eigenvalue weighted by atomic mass is 9.99. The zero-order chi connectivity index (χ0) is 15.6. The third kappa shape index (κ3) is 3.07. The van der Waals surface area contributed by atoms with Crippen LogP contribution in [-0.4, -0.2) is 50.4 Å². The number of hydrogen-bond acceptors (Lipinski definition) is 4. The molecule has 21 heavy (non-hydrogen) atoms. The number of aryl methyl sites for hydroxylation is 1. The highest BCUT2D eigenvalue weighted by atomic mass is 16.5. The van der Waals surface area contributed by atoms with Gasteiger partial charge < -0.3 is 14.7 Å². The van der Waals surface area contributed by atoms with Crippen molar-refractivity contribution >= 4 is 11.9 Å². The molecule has 1 saturated heterocycles. The molecular formula is C14H21N3O4. The van der Waals surface area contributed by atoms with Gasteiger partial charge in [0.2, 0.25) is 5.91 Å². The smallest absolute Gasteiger partial charge is 0.335 e. The summed E-state index contributed by atoms with van der Waals surface area (Å²) >= 11 is 0. The largest absolute Gasteiger partial charge is 0.479 e. The van der Waals surface area contributed by atoms with Gasteiger partial charge in [0.05, 0.1) is 12.2 Å². The molecule has 1 aliphatic rings. The molecule has 2 rings (SSSR count). The third-order valence-electron chi connectivity index (χ3n) is 3.51. The Kier molecular flexibility index (Phi) is 4.62. The second-order valence-corrected chi connectivity index (χ2v) is 5.45. The van der Waals surface area contributed by atoms with E-state index in [4.69, 9.17) is 4.74 Å². The summed E-state index contributed by atoms with van der Waals surface area (Å²) in [5.41, 5.74) is 0.692. The first-order valence-electron chi connectivity index (χ1n) is 7.13. The topological polar surface area (TPSA) is 84.7 Å². The van der Waals surface area contributed by atoms with Gasteiger partial charge in [-0.3, -0.25) is 9.48 Å². The first-order chi connectivity index (χ1) is 9.95. The molecule has 7 heteroatoms. The Morgan fingerprint density at radius 1 is 1.57 bits per heavy atom. The third-order valence-corrected chi connectivity index (χ3v) is 3.51. The van der Waals surface area contributed by atoms with Gasteiger partial charge in [-0.15, -0.1) is 0 Å². The predicted molar refractivity (Wildman–Crippen MR) is 74.6 cm³/mol. The fraction of sp³-hybridized carbons (Fsp3) is 0.643. The number of ether oxygens (including phenoxy) is 1. The summed E-state index contributed by atoms with van der Waals surface area (Å²) in [6.07, 6.45) is 3.27.